The zero-order chi connectivity index (χ0) is 26.0. The van der Waals surface area contributed by atoms with Crippen molar-refractivity contribution in [3.8, 4) is 22.8 Å². The van der Waals surface area contributed by atoms with E-state index in [-0.39, 0.29) is 12.5 Å². The van der Waals surface area contributed by atoms with Crippen molar-refractivity contribution >= 4 is 17.6 Å². The lowest BCUT2D eigenvalue weighted by Crippen LogP contribution is -2.27. The Morgan fingerprint density at radius 2 is 1.65 bits per heavy atom. The minimum atomic E-state index is -0.503. The van der Waals surface area contributed by atoms with Crippen LogP contribution in [0.1, 0.15) is 61.5 Å². The molecule has 8 nitrogen and oxygen atoms in total. The fourth-order valence-corrected chi connectivity index (χ4v) is 3.86. The zero-order valence-corrected chi connectivity index (χ0v) is 20.9. The number of aromatic nitrogens is 2. The van der Waals surface area contributed by atoms with Crippen LogP contribution in [0, 0.1) is 0 Å². The van der Waals surface area contributed by atoms with Crippen LogP contribution in [0.2, 0.25) is 0 Å². The lowest BCUT2D eigenvalue weighted by Gasteiger charge is -2.22. The molecular weight excluding hydrogens is 468 g/mol. The number of nitrogens with zero attached hydrogens (tertiary/aromatic N) is 2. The molecule has 4 aromatic rings. The quantitative estimate of drug-likeness (QED) is 0.246. The fourth-order valence-electron chi connectivity index (χ4n) is 3.86. The number of benzene rings is 3. The van der Waals surface area contributed by atoms with E-state index in [0.717, 1.165) is 36.0 Å². The van der Waals surface area contributed by atoms with Crippen LogP contribution in [0.4, 0.5) is 5.69 Å². The van der Waals surface area contributed by atoms with Gasteiger partial charge in [0.15, 0.2) is 0 Å². The number of carbonyl (C=O) groups excluding carboxylic acids is 2. The van der Waals surface area contributed by atoms with Gasteiger partial charge in [0, 0.05) is 23.2 Å². The third kappa shape index (κ3) is 6.61. The van der Waals surface area contributed by atoms with Crippen LogP contribution in [-0.4, -0.2) is 22.0 Å². The largest absolute Gasteiger partial charge is 0.378 e. The normalized spacial score (nSPS) is 11.5. The lowest BCUT2D eigenvalue weighted by atomic mass is 9.98. The molecule has 0 aliphatic carbocycles. The van der Waals surface area contributed by atoms with E-state index in [9.17, 15) is 9.59 Å². The molecule has 0 saturated carbocycles. The van der Waals surface area contributed by atoms with Crippen LogP contribution in [-0.2, 0) is 9.63 Å². The molecule has 0 fully saturated rings. The van der Waals surface area contributed by atoms with Gasteiger partial charge in [0.2, 0.25) is 5.82 Å². The van der Waals surface area contributed by atoms with E-state index >= 15 is 0 Å². The van der Waals surface area contributed by atoms with Gasteiger partial charge in [-0.05, 0) is 36.2 Å². The molecule has 0 aliphatic rings. The fraction of sp³-hybridized carbons (Fsp3) is 0.241. The number of para-hydroxylation sites is 1. The summed E-state index contributed by atoms with van der Waals surface area (Å²) in [6.07, 6.45) is 3.09. The van der Waals surface area contributed by atoms with E-state index in [4.69, 9.17) is 9.36 Å². The van der Waals surface area contributed by atoms with E-state index in [1.54, 1.807) is 19.1 Å². The average molecular weight is 499 g/mol. The summed E-state index contributed by atoms with van der Waals surface area (Å²) in [5.41, 5.74) is 6.07. The van der Waals surface area contributed by atoms with Crippen LogP contribution in [0.15, 0.2) is 83.4 Å². The summed E-state index contributed by atoms with van der Waals surface area (Å²) in [6.45, 7) is 3.80. The summed E-state index contributed by atoms with van der Waals surface area (Å²) >= 11 is 0. The number of carbonyl (C=O) groups is 2. The lowest BCUT2D eigenvalue weighted by molar-refractivity contribution is -0.148. The highest BCUT2D eigenvalue weighted by atomic mass is 16.7. The summed E-state index contributed by atoms with van der Waals surface area (Å²) in [6, 6.07) is 24.8. The van der Waals surface area contributed by atoms with Crippen molar-refractivity contribution in [3.63, 3.8) is 0 Å². The Balaban J connectivity index is 1.52. The van der Waals surface area contributed by atoms with Gasteiger partial charge in [-0.2, -0.15) is 10.5 Å². The van der Waals surface area contributed by atoms with Gasteiger partial charge in [0.05, 0.1) is 11.6 Å². The Labute approximate surface area is 216 Å². The van der Waals surface area contributed by atoms with E-state index in [0.29, 0.717) is 23.0 Å². The molecule has 0 unspecified atom stereocenters. The van der Waals surface area contributed by atoms with Gasteiger partial charge < -0.3 is 14.7 Å². The van der Waals surface area contributed by atoms with Crippen molar-refractivity contribution in [1.82, 2.24) is 15.6 Å². The van der Waals surface area contributed by atoms with E-state index in [1.165, 1.54) is 0 Å². The molecule has 1 heterocycles. The first-order valence-electron chi connectivity index (χ1n) is 12.4. The highest BCUT2D eigenvalue weighted by molar-refractivity contribution is 5.99. The number of anilines is 1. The summed E-state index contributed by atoms with van der Waals surface area (Å²) in [5.74, 6) is 0.00629. The molecule has 37 heavy (non-hydrogen) atoms. The molecule has 0 spiro atoms. The molecule has 0 aliphatic heterocycles. The number of amides is 1. The van der Waals surface area contributed by atoms with Crippen molar-refractivity contribution < 1.29 is 18.9 Å². The smallest absolute Gasteiger partial charge is 0.331 e. The molecule has 8 heteroatoms. The van der Waals surface area contributed by atoms with Gasteiger partial charge >= 0.3 is 5.97 Å². The van der Waals surface area contributed by atoms with Crippen LogP contribution in [0.5, 0.6) is 0 Å². The van der Waals surface area contributed by atoms with Gasteiger partial charge in [-0.3, -0.25) is 4.79 Å². The first-order valence-corrected chi connectivity index (χ1v) is 12.4. The van der Waals surface area contributed by atoms with Crippen LogP contribution >= 0.6 is 0 Å². The van der Waals surface area contributed by atoms with Gasteiger partial charge in [0.1, 0.15) is 0 Å². The molecular formula is C29H30N4O4. The average Bonchev–Trinajstić information content (AvgIpc) is 3.45. The van der Waals surface area contributed by atoms with E-state index in [2.05, 4.69) is 27.9 Å². The highest BCUT2D eigenvalue weighted by Gasteiger charge is 2.18. The monoisotopic (exact) mass is 498 g/mol. The molecule has 4 rings (SSSR count). The maximum atomic E-state index is 12.7. The minimum absolute atomic E-state index is 0.0358. The molecule has 0 saturated heterocycles. The Morgan fingerprint density at radius 1 is 0.919 bits per heavy atom. The standard InChI is InChI=1S/C29H30N4O4/c1-3-5-14-24(30-25-15-10-9-13-23(25)28(35)33-36-26(34)4-2)20-16-18-21(19-17-20)27-31-29(37-32-27)22-11-7-6-8-12-22/h6-13,15-19,24,30H,3-5,14H2,1-2H3,(H,33,35)/t24-/m1/s1. The second kappa shape index (κ2) is 12.5. The van der Waals surface area contributed by atoms with E-state index in [1.807, 2.05) is 66.7 Å². The molecule has 1 aromatic heterocycles. The number of nitrogens with one attached hydrogen (secondary N) is 2. The van der Waals surface area contributed by atoms with Gasteiger partial charge in [-0.15, -0.1) is 0 Å². The second-order valence-corrected chi connectivity index (χ2v) is 8.55. The number of hydrogen-bond donors (Lipinski definition) is 2. The SMILES string of the molecule is CCCC[C@@H](Nc1ccccc1C(=O)NOC(=O)CC)c1ccc(-c2noc(-c3ccccc3)n2)cc1. The molecule has 190 valence electrons. The Morgan fingerprint density at radius 3 is 2.38 bits per heavy atom. The van der Waals surface area contributed by atoms with E-state index < -0.39 is 11.9 Å². The van der Waals surface area contributed by atoms with Crippen molar-refractivity contribution in [2.75, 3.05) is 5.32 Å². The summed E-state index contributed by atoms with van der Waals surface area (Å²) < 4.78 is 5.45. The summed E-state index contributed by atoms with van der Waals surface area (Å²) in [7, 11) is 0. The predicted octanol–water partition coefficient (Wildman–Crippen LogP) is 6.35. The van der Waals surface area contributed by atoms with Crippen molar-refractivity contribution in [3.05, 3.63) is 90.0 Å². The first-order chi connectivity index (χ1) is 18.1. The number of unbranched alkanes of at least 4 members (excludes halogenated alkanes) is 1. The summed E-state index contributed by atoms with van der Waals surface area (Å²) in [5, 5.41) is 7.65. The van der Waals surface area contributed by atoms with Crippen LogP contribution in [0.25, 0.3) is 22.8 Å². The predicted molar refractivity (Wildman–Crippen MR) is 141 cm³/mol. The highest BCUT2D eigenvalue weighted by Crippen LogP contribution is 2.29. The molecule has 0 bridgehead atoms. The Kier molecular flexibility index (Phi) is 8.65. The number of hydroxylamine groups is 1. The van der Waals surface area contributed by atoms with Gasteiger partial charge in [-0.1, -0.05) is 86.4 Å². The molecule has 1 amide bonds. The van der Waals surface area contributed by atoms with Gasteiger partial charge in [-0.25, -0.2) is 4.79 Å². The zero-order valence-electron chi connectivity index (χ0n) is 20.9. The third-order valence-corrected chi connectivity index (χ3v) is 5.91. The molecule has 0 radical (unpaired) electrons. The number of hydrogen-bond acceptors (Lipinski definition) is 7. The third-order valence-electron chi connectivity index (χ3n) is 5.91. The van der Waals surface area contributed by atoms with Gasteiger partial charge in [0.25, 0.3) is 11.8 Å². The Bertz CT molecular complexity index is 1320. The molecule has 2 N–H and O–H groups in total. The Hall–Kier alpha value is -4.46. The molecule has 1 atom stereocenters. The van der Waals surface area contributed by atoms with Crippen molar-refractivity contribution in [2.24, 2.45) is 0 Å². The maximum Gasteiger partial charge on any atom is 0.331 e. The first kappa shape index (κ1) is 25.6. The summed E-state index contributed by atoms with van der Waals surface area (Å²) in [4.78, 5) is 33.5. The maximum absolute atomic E-state index is 12.7. The minimum Gasteiger partial charge on any atom is -0.378 e. The van der Waals surface area contributed by atoms with Crippen LogP contribution < -0.4 is 10.8 Å². The van der Waals surface area contributed by atoms with Crippen molar-refractivity contribution in [1.29, 1.82) is 0 Å². The molecule has 3 aromatic carbocycles. The second-order valence-electron chi connectivity index (χ2n) is 8.55. The number of rotatable bonds is 10. The van der Waals surface area contributed by atoms with Crippen molar-refractivity contribution in [2.45, 2.75) is 45.6 Å². The van der Waals surface area contributed by atoms with Crippen LogP contribution in [0.3, 0.4) is 0 Å². The topological polar surface area (TPSA) is 106 Å².